The Bertz CT molecular complexity index is 691. The van der Waals surface area contributed by atoms with Gasteiger partial charge in [-0.25, -0.2) is 4.98 Å². The summed E-state index contributed by atoms with van der Waals surface area (Å²) in [6, 6.07) is 4.24. The lowest BCUT2D eigenvalue weighted by molar-refractivity contribution is -0.130. The van der Waals surface area contributed by atoms with Crippen molar-refractivity contribution in [3.05, 3.63) is 34.5 Å². The molecule has 1 fully saturated rings. The van der Waals surface area contributed by atoms with Crippen LogP contribution in [-0.4, -0.2) is 33.9 Å². The van der Waals surface area contributed by atoms with E-state index >= 15 is 0 Å². The van der Waals surface area contributed by atoms with E-state index in [0.29, 0.717) is 5.92 Å². The Hall–Kier alpha value is -1.75. The van der Waals surface area contributed by atoms with Gasteiger partial charge in [0.25, 0.3) is 0 Å². The fourth-order valence-electron chi connectivity index (χ4n) is 3.15. The number of thiazole rings is 1. The van der Waals surface area contributed by atoms with Gasteiger partial charge in [0.2, 0.25) is 5.91 Å². The number of likely N-dealkylation sites (tertiary alicyclic amines) is 1. The maximum Gasteiger partial charge on any atom is 0.219 e. The highest BCUT2D eigenvalue weighted by Crippen LogP contribution is 2.27. The molecule has 0 radical (unpaired) electrons. The van der Waals surface area contributed by atoms with Crippen molar-refractivity contribution in [1.29, 1.82) is 0 Å². The molecule has 1 aliphatic rings. The van der Waals surface area contributed by atoms with Gasteiger partial charge in [-0.3, -0.25) is 9.78 Å². The first kappa shape index (κ1) is 16.1. The summed E-state index contributed by atoms with van der Waals surface area (Å²) in [5, 5.41) is 0.996. The van der Waals surface area contributed by atoms with Gasteiger partial charge in [-0.2, -0.15) is 0 Å². The molecule has 1 atom stereocenters. The predicted octanol–water partition coefficient (Wildman–Crippen LogP) is 3.62. The van der Waals surface area contributed by atoms with Crippen molar-refractivity contribution in [2.75, 3.05) is 13.1 Å². The third kappa shape index (κ3) is 3.78. The zero-order valence-corrected chi connectivity index (χ0v) is 14.8. The maximum atomic E-state index is 11.6. The molecule has 0 N–H and O–H groups in total. The fourth-order valence-corrected chi connectivity index (χ4v) is 4.03. The number of aryl methyl sites for hydroxylation is 2. The van der Waals surface area contributed by atoms with Crippen molar-refractivity contribution < 1.29 is 4.79 Å². The molecule has 4 nitrogen and oxygen atoms in total. The minimum absolute atomic E-state index is 0.193. The average molecular weight is 329 g/mol. The second-order valence-corrected chi connectivity index (χ2v) is 7.59. The van der Waals surface area contributed by atoms with E-state index in [-0.39, 0.29) is 5.91 Å². The Morgan fingerprint density at radius 2 is 2.26 bits per heavy atom. The molecule has 2 aromatic rings. The smallest absolute Gasteiger partial charge is 0.219 e. The molecule has 0 bridgehead atoms. The monoisotopic (exact) mass is 329 g/mol. The summed E-state index contributed by atoms with van der Waals surface area (Å²) in [5.41, 5.74) is 3.33. The van der Waals surface area contributed by atoms with Crippen molar-refractivity contribution in [2.24, 2.45) is 5.92 Å². The lowest BCUT2D eigenvalue weighted by Gasteiger charge is -2.32. The third-order valence-electron chi connectivity index (χ3n) is 4.56. The van der Waals surface area contributed by atoms with Crippen LogP contribution in [0, 0.1) is 19.8 Å². The van der Waals surface area contributed by atoms with Crippen LogP contribution >= 0.6 is 11.3 Å². The quantitative estimate of drug-likeness (QED) is 0.864. The average Bonchev–Trinajstić information content (AvgIpc) is 2.87. The SMILES string of the molecule is CC(=O)N1CCC[C@@H](Cc2ccnc(-c3nc(C)c(C)s3)c2)C1. The molecular formula is C18H23N3OS. The Balaban J connectivity index is 1.74. The topological polar surface area (TPSA) is 46.1 Å². The van der Waals surface area contributed by atoms with Crippen LogP contribution in [0.1, 0.15) is 35.9 Å². The Labute approximate surface area is 141 Å². The number of nitrogens with zero attached hydrogens (tertiary/aromatic N) is 3. The number of aromatic nitrogens is 2. The molecule has 1 saturated heterocycles. The van der Waals surface area contributed by atoms with E-state index in [1.54, 1.807) is 18.3 Å². The molecule has 0 aliphatic carbocycles. The minimum Gasteiger partial charge on any atom is -0.343 e. The van der Waals surface area contributed by atoms with Crippen LogP contribution in [0.4, 0.5) is 0 Å². The van der Waals surface area contributed by atoms with Gasteiger partial charge < -0.3 is 4.90 Å². The van der Waals surface area contributed by atoms with E-state index in [4.69, 9.17) is 0 Å². The van der Waals surface area contributed by atoms with Gasteiger partial charge in [0.1, 0.15) is 5.01 Å². The summed E-state index contributed by atoms with van der Waals surface area (Å²) in [6.07, 6.45) is 5.18. The van der Waals surface area contributed by atoms with Crippen molar-refractivity contribution in [2.45, 2.75) is 40.0 Å². The van der Waals surface area contributed by atoms with Crippen LogP contribution in [0.15, 0.2) is 18.3 Å². The van der Waals surface area contributed by atoms with E-state index < -0.39 is 0 Å². The van der Waals surface area contributed by atoms with Crippen molar-refractivity contribution in [3.8, 4) is 10.7 Å². The van der Waals surface area contributed by atoms with Gasteiger partial charge in [-0.1, -0.05) is 0 Å². The first-order valence-corrected chi connectivity index (χ1v) is 8.99. The molecule has 3 rings (SSSR count). The summed E-state index contributed by atoms with van der Waals surface area (Å²) in [5.74, 6) is 0.738. The molecule has 23 heavy (non-hydrogen) atoms. The van der Waals surface area contributed by atoms with Crippen LogP contribution in [0.2, 0.25) is 0 Å². The largest absolute Gasteiger partial charge is 0.343 e. The number of carbonyl (C=O) groups is 1. The maximum absolute atomic E-state index is 11.6. The molecule has 2 aromatic heterocycles. The summed E-state index contributed by atoms with van der Waals surface area (Å²) < 4.78 is 0. The number of hydrogen-bond acceptors (Lipinski definition) is 4. The van der Waals surface area contributed by atoms with E-state index in [1.165, 1.54) is 16.9 Å². The van der Waals surface area contributed by atoms with Gasteiger partial charge in [0, 0.05) is 31.1 Å². The third-order valence-corrected chi connectivity index (χ3v) is 5.66. The van der Waals surface area contributed by atoms with E-state index in [9.17, 15) is 4.79 Å². The van der Waals surface area contributed by atoms with Crippen LogP contribution in [0.5, 0.6) is 0 Å². The summed E-state index contributed by atoms with van der Waals surface area (Å²) >= 11 is 1.70. The van der Waals surface area contributed by atoms with Gasteiger partial charge >= 0.3 is 0 Å². The zero-order chi connectivity index (χ0) is 16.4. The van der Waals surface area contributed by atoms with Gasteiger partial charge in [-0.05, 0) is 56.7 Å². The van der Waals surface area contributed by atoms with Crippen LogP contribution in [0.3, 0.4) is 0 Å². The number of carbonyl (C=O) groups excluding carboxylic acids is 1. The first-order valence-electron chi connectivity index (χ1n) is 8.18. The number of piperidine rings is 1. The Kier molecular flexibility index (Phi) is 4.76. The Morgan fingerprint density at radius 3 is 2.96 bits per heavy atom. The molecule has 5 heteroatoms. The van der Waals surface area contributed by atoms with Crippen LogP contribution in [-0.2, 0) is 11.2 Å². The fraction of sp³-hybridized carbons (Fsp3) is 0.500. The highest BCUT2D eigenvalue weighted by molar-refractivity contribution is 7.15. The van der Waals surface area contributed by atoms with Crippen molar-refractivity contribution in [1.82, 2.24) is 14.9 Å². The first-order chi connectivity index (χ1) is 11.0. The normalized spacial score (nSPS) is 18.2. The van der Waals surface area contributed by atoms with Gasteiger partial charge in [0.05, 0.1) is 11.4 Å². The molecule has 0 unspecified atom stereocenters. The lowest BCUT2D eigenvalue weighted by Crippen LogP contribution is -2.39. The molecule has 0 spiro atoms. The molecule has 0 aromatic carbocycles. The number of amides is 1. The number of pyridine rings is 1. The van der Waals surface area contributed by atoms with Gasteiger partial charge in [0.15, 0.2) is 0 Å². The van der Waals surface area contributed by atoms with Crippen LogP contribution < -0.4 is 0 Å². The standard InChI is InChI=1S/C18H23N3OS/c1-12-13(2)23-18(20-12)17-10-15(6-7-19-17)9-16-5-4-8-21(11-16)14(3)22/h6-7,10,16H,4-5,8-9,11H2,1-3H3/t16-/m0/s1. The second kappa shape index (κ2) is 6.79. The predicted molar refractivity (Wildman–Crippen MR) is 93.5 cm³/mol. The van der Waals surface area contributed by atoms with Gasteiger partial charge in [-0.15, -0.1) is 11.3 Å². The highest BCUT2D eigenvalue weighted by Gasteiger charge is 2.22. The molecule has 3 heterocycles. The number of hydrogen-bond donors (Lipinski definition) is 0. The Morgan fingerprint density at radius 1 is 1.43 bits per heavy atom. The molecule has 1 aliphatic heterocycles. The molecular weight excluding hydrogens is 306 g/mol. The molecule has 0 saturated carbocycles. The van der Waals surface area contributed by atoms with E-state index in [0.717, 1.165) is 42.3 Å². The lowest BCUT2D eigenvalue weighted by atomic mass is 9.91. The number of rotatable bonds is 3. The highest BCUT2D eigenvalue weighted by atomic mass is 32.1. The molecule has 1 amide bonds. The van der Waals surface area contributed by atoms with E-state index in [1.807, 2.05) is 18.0 Å². The van der Waals surface area contributed by atoms with Crippen molar-refractivity contribution >= 4 is 17.2 Å². The summed E-state index contributed by atoms with van der Waals surface area (Å²) in [6.45, 7) is 7.59. The summed E-state index contributed by atoms with van der Waals surface area (Å²) in [4.78, 5) is 23.9. The second-order valence-electron chi connectivity index (χ2n) is 6.39. The van der Waals surface area contributed by atoms with E-state index in [2.05, 4.69) is 29.0 Å². The zero-order valence-electron chi connectivity index (χ0n) is 14.0. The molecule has 122 valence electrons. The summed E-state index contributed by atoms with van der Waals surface area (Å²) in [7, 11) is 0. The van der Waals surface area contributed by atoms with Crippen molar-refractivity contribution in [3.63, 3.8) is 0 Å². The van der Waals surface area contributed by atoms with Crippen LogP contribution in [0.25, 0.3) is 10.7 Å². The minimum atomic E-state index is 0.193.